The van der Waals surface area contributed by atoms with Gasteiger partial charge >= 0.3 is 0 Å². The van der Waals surface area contributed by atoms with E-state index >= 15 is 0 Å². The zero-order chi connectivity index (χ0) is 19.7. The number of hydrogen-bond donors (Lipinski definition) is 1. The van der Waals surface area contributed by atoms with E-state index < -0.39 is 0 Å². The Morgan fingerprint density at radius 1 is 1.11 bits per heavy atom. The Morgan fingerprint density at radius 3 is 2.68 bits per heavy atom. The second-order valence-corrected chi connectivity index (χ2v) is 8.63. The summed E-state index contributed by atoms with van der Waals surface area (Å²) in [5.41, 5.74) is 5.22. The van der Waals surface area contributed by atoms with Crippen LogP contribution in [0.3, 0.4) is 0 Å². The maximum absolute atomic E-state index is 12.5. The van der Waals surface area contributed by atoms with E-state index in [2.05, 4.69) is 47.3 Å². The van der Waals surface area contributed by atoms with Gasteiger partial charge in [0.25, 0.3) is 0 Å². The fourth-order valence-corrected chi connectivity index (χ4v) is 4.55. The summed E-state index contributed by atoms with van der Waals surface area (Å²) in [5.74, 6) is 0.0110. The van der Waals surface area contributed by atoms with Crippen molar-refractivity contribution >= 4 is 38.3 Å². The zero-order valence-electron chi connectivity index (χ0n) is 16.7. The number of hydrogen-bond acceptors (Lipinski definition) is 5. The third-order valence-electron chi connectivity index (χ3n) is 5.29. The molecule has 0 atom stereocenters. The van der Waals surface area contributed by atoms with Crippen molar-refractivity contribution in [2.75, 3.05) is 43.4 Å². The number of nitrogens with zero attached hydrogens (tertiary/aromatic N) is 3. The topological polar surface area (TPSA) is 48.5 Å². The van der Waals surface area contributed by atoms with Crippen molar-refractivity contribution < 1.29 is 4.79 Å². The number of nitrogens with one attached hydrogen (secondary N) is 1. The van der Waals surface area contributed by atoms with Gasteiger partial charge in [-0.3, -0.25) is 4.79 Å². The average Bonchev–Trinajstić information content (AvgIpc) is 3.08. The van der Waals surface area contributed by atoms with Crippen LogP contribution in [0, 0.1) is 13.8 Å². The smallest absolute Gasteiger partial charge is 0.228 e. The first-order valence-corrected chi connectivity index (χ1v) is 10.5. The van der Waals surface area contributed by atoms with E-state index in [9.17, 15) is 4.79 Å². The summed E-state index contributed by atoms with van der Waals surface area (Å²) in [5, 5.41) is 4.11. The molecule has 6 heteroatoms. The number of carbonyl (C=O) groups is 1. The number of rotatable bonds is 4. The first kappa shape index (κ1) is 18.9. The normalized spacial score (nSPS) is 15.2. The Hall–Kier alpha value is -2.44. The van der Waals surface area contributed by atoms with Gasteiger partial charge in [0.1, 0.15) is 0 Å². The molecule has 0 bridgehead atoms. The number of aryl methyl sites for hydroxylation is 2. The number of likely N-dealkylation sites (N-methyl/N-ethyl adjacent to an activating group) is 1. The molecule has 0 saturated carbocycles. The van der Waals surface area contributed by atoms with Crippen LogP contribution in [0.25, 0.3) is 10.2 Å². The molecule has 146 valence electrons. The molecule has 0 radical (unpaired) electrons. The number of aromatic nitrogens is 1. The number of piperazine rings is 1. The van der Waals surface area contributed by atoms with E-state index in [1.807, 2.05) is 25.1 Å². The van der Waals surface area contributed by atoms with Crippen molar-refractivity contribution in [2.24, 2.45) is 0 Å². The van der Waals surface area contributed by atoms with Crippen molar-refractivity contribution in [2.45, 2.75) is 20.3 Å². The maximum atomic E-state index is 12.5. The number of benzene rings is 2. The van der Waals surface area contributed by atoms with Gasteiger partial charge in [-0.2, -0.15) is 0 Å². The predicted octanol–water partition coefficient (Wildman–Crippen LogP) is 3.85. The molecule has 0 spiro atoms. The van der Waals surface area contributed by atoms with Gasteiger partial charge in [-0.1, -0.05) is 35.1 Å². The van der Waals surface area contributed by atoms with Gasteiger partial charge < -0.3 is 15.1 Å². The molecule has 1 aliphatic rings. The SMILES string of the molecule is Cc1ccc(C)c(CC(=O)Nc2ccc3nc(N4CCN(C)CC4)sc3c2)c1. The molecule has 1 saturated heterocycles. The molecule has 1 amide bonds. The predicted molar refractivity (Wildman–Crippen MR) is 118 cm³/mol. The van der Waals surface area contributed by atoms with Gasteiger partial charge in [-0.25, -0.2) is 4.98 Å². The Balaban J connectivity index is 1.47. The minimum atomic E-state index is 0.0110. The highest BCUT2D eigenvalue weighted by atomic mass is 32.1. The third-order valence-corrected chi connectivity index (χ3v) is 6.37. The monoisotopic (exact) mass is 394 g/mol. The van der Waals surface area contributed by atoms with Gasteiger partial charge in [0.05, 0.1) is 16.6 Å². The Bertz CT molecular complexity index is 1000. The van der Waals surface area contributed by atoms with Crippen molar-refractivity contribution in [1.82, 2.24) is 9.88 Å². The molecule has 0 unspecified atom stereocenters. The van der Waals surface area contributed by atoms with Crippen LogP contribution in [0.2, 0.25) is 0 Å². The van der Waals surface area contributed by atoms with Crippen molar-refractivity contribution in [1.29, 1.82) is 0 Å². The quantitative estimate of drug-likeness (QED) is 0.730. The average molecular weight is 395 g/mol. The van der Waals surface area contributed by atoms with Gasteiger partial charge in [-0.15, -0.1) is 0 Å². The lowest BCUT2D eigenvalue weighted by molar-refractivity contribution is -0.115. The molecule has 3 aromatic rings. The Kier molecular flexibility index (Phi) is 5.33. The summed E-state index contributed by atoms with van der Waals surface area (Å²) in [4.78, 5) is 22.0. The molecule has 1 fully saturated rings. The summed E-state index contributed by atoms with van der Waals surface area (Å²) >= 11 is 1.70. The lowest BCUT2D eigenvalue weighted by atomic mass is 10.0. The van der Waals surface area contributed by atoms with Crippen LogP contribution in [-0.2, 0) is 11.2 Å². The number of fused-ring (bicyclic) bond motifs is 1. The minimum absolute atomic E-state index is 0.0110. The lowest BCUT2D eigenvalue weighted by Gasteiger charge is -2.31. The van der Waals surface area contributed by atoms with Crippen LogP contribution in [0.15, 0.2) is 36.4 Å². The van der Waals surface area contributed by atoms with Crippen molar-refractivity contribution in [3.05, 3.63) is 53.1 Å². The molecule has 1 aromatic heterocycles. The lowest BCUT2D eigenvalue weighted by Crippen LogP contribution is -2.44. The van der Waals surface area contributed by atoms with E-state index in [-0.39, 0.29) is 5.91 Å². The molecule has 2 heterocycles. The fourth-order valence-electron chi connectivity index (χ4n) is 3.49. The molecule has 1 aliphatic heterocycles. The Morgan fingerprint density at radius 2 is 1.89 bits per heavy atom. The summed E-state index contributed by atoms with van der Waals surface area (Å²) in [7, 11) is 2.16. The van der Waals surface area contributed by atoms with Crippen LogP contribution >= 0.6 is 11.3 Å². The number of carbonyl (C=O) groups excluding carboxylic acids is 1. The molecular formula is C22H26N4OS. The fraction of sp³-hybridized carbons (Fsp3) is 0.364. The molecule has 2 aromatic carbocycles. The minimum Gasteiger partial charge on any atom is -0.345 e. The number of amides is 1. The van der Waals surface area contributed by atoms with E-state index in [1.165, 1.54) is 5.56 Å². The molecular weight excluding hydrogens is 368 g/mol. The maximum Gasteiger partial charge on any atom is 0.228 e. The van der Waals surface area contributed by atoms with Gasteiger partial charge in [-0.05, 0) is 50.2 Å². The highest BCUT2D eigenvalue weighted by molar-refractivity contribution is 7.22. The third kappa shape index (κ3) is 4.18. The Labute approximate surface area is 170 Å². The summed E-state index contributed by atoms with van der Waals surface area (Å²) < 4.78 is 1.11. The van der Waals surface area contributed by atoms with Gasteiger partial charge in [0, 0.05) is 31.9 Å². The van der Waals surface area contributed by atoms with Crippen LogP contribution < -0.4 is 10.2 Å². The number of anilines is 2. The molecule has 0 aliphatic carbocycles. The molecule has 1 N–H and O–H groups in total. The largest absolute Gasteiger partial charge is 0.345 e. The van der Waals surface area contributed by atoms with E-state index in [1.54, 1.807) is 11.3 Å². The molecule has 5 nitrogen and oxygen atoms in total. The first-order chi connectivity index (χ1) is 13.5. The van der Waals surface area contributed by atoms with Crippen LogP contribution in [0.1, 0.15) is 16.7 Å². The van der Waals surface area contributed by atoms with Gasteiger partial charge in [0.15, 0.2) is 5.13 Å². The van der Waals surface area contributed by atoms with E-state index in [0.717, 1.165) is 58.3 Å². The van der Waals surface area contributed by atoms with E-state index in [4.69, 9.17) is 4.98 Å². The van der Waals surface area contributed by atoms with Crippen molar-refractivity contribution in [3.63, 3.8) is 0 Å². The second-order valence-electron chi connectivity index (χ2n) is 7.62. The summed E-state index contributed by atoms with van der Waals surface area (Å²) in [6, 6.07) is 12.2. The molecule has 28 heavy (non-hydrogen) atoms. The van der Waals surface area contributed by atoms with Gasteiger partial charge in [0.2, 0.25) is 5.91 Å². The van der Waals surface area contributed by atoms with Crippen LogP contribution in [-0.4, -0.2) is 49.0 Å². The number of thiazole rings is 1. The standard InChI is InChI=1S/C22H26N4OS/c1-15-4-5-16(2)17(12-15)13-21(27)23-18-6-7-19-20(14-18)28-22(24-19)26-10-8-25(3)9-11-26/h4-7,12,14H,8-11,13H2,1-3H3,(H,23,27). The van der Waals surface area contributed by atoms with Crippen LogP contribution in [0.5, 0.6) is 0 Å². The first-order valence-electron chi connectivity index (χ1n) is 9.68. The summed E-state index contributed by atoms with van der Waals surface area (Å²) in [6.07, 6.45) is 0.390. The second kappa shape index (κ2) is 7.89. The van der Waals surface area contributed by atoms with E-state index in [0.29, 0.717) is 6.42 Å². The highest BCUT2D eigenvalue weighted by Crippen LogP contribution is 2.31. The molecule has 4 rings (SSSR count). The summed E-state index contributed by atoms with van der Waals surface area (Å²) in [6.45, 7) is 8.25. The zero-order valence-corrected chi connectivity index (χ0v) is 17.5. The van der Waals surface area contributed by atoms with Crippen molar-refractivity contribution in [3.8, 4) is 0 Å². The highest BCUT2D eigenvalue weighted by Gasteiger charge is 2.18. The van der Waals surface area contributed by atoms with Crippen LogP contribution in [0.4, 0.5) is 10.8 Å².